The Labute approximate surface area is 114 Å². The number of rotatable bonds is 2. The molecule has 1 aromatic carbocycles. The van der Waals surface area contributed by atoms with Crippen molar-refractivity contribution in [2.45, 2.75) is 0 Å². The fourth-order valence-corrected chi connectivity index (χ4v) is 2.23. The quantitative estimate of drug-likeness (QED) is 0.692. The highest BCUT2D eigenvalue weighted by atomic mass is 16.4. The highest BCUT2D eigenvalue weighted by molar-refractivity contribution is 6.06. The van der Waals surface area contributed by atoms with Crippen molar-refractivity contribution < 1.29 is 9.90 Å². The third-order valence-electron chi connectivity index (χ3n) is 3.15. The van der Waals surface area contributed by atoms with Crippen LogP contribution in [0.5, 0.6) is 0 Å². The molecule has 2 aromatic heterocycles. The van der Waals surface area contributed by atoms with Crippen LogP contribution in [0.2, 0.25) is 0 Å². The molecule has 0 radical (unpaired) electrons. The number of carbonyl (C=O) groups is 1. The summed E-state index contributed by atoms with van der Waals surface area (Å²) in [4.78, 5) is 15.5. The number of carboxylic acids is 1. The van der Waals surface area contributed by atoms with Gasteiger partial charge in [-0.3, -0.25) is 0 Å². The number of aryl methyl sites for hydroxylation is 1. The van der Waals surface area contributed by atoms with E-state index in [1.165, 1.54) is 4.68 Å². The van der Waals surface area contributed by atoms with E-state index in [0.717, 1.165) is 11.1 Å². The molecule has 0 unspecified atom stereocenters. The molecule has 0 fully saturated rings. The summed E-state index contributed by atoms with van der Waals surface area (Å²) in [5, 5.41) is 13.8. The SMILES string of the molecule is Cn1nc(C(=O)O)c2c(-c3ccc(N)cc3)ccnc21. The number of nitrogen functional groups attached to an aromatic ring is 1. The Hall–Kier alpha value is -2.89. The topological polar surface area (TPSA) is 94.0 Å². The summed E-state index contributed by atoms with van der Waals surface area (Å²) in [7, 11) is 1.68. The number of anilines is 1. The molecule has 3 N–H and O–H groups in total. The molecule has 0 spiro atoms. The standard InChI is InChI=1S/C14H12N4O2/c1-18-13-11(12(17-18)14(19)20)10(6-7-16-13)8-2-4-9(15)5-3-8/h2-7H,15H2,1H3,(H,19,20). The van der Waals surface area contributed by atoms with Crippen LogP contribution in [0.1, 0.15) is 10.5 Å². The second-order valence-electron chi connectivity index (χ2n) is 4.46. The second-order valence-corrected chi connectivity index (χ2v) is 4.46. The Morgan fingerprint density at radius 2 is 1.95 bits per heavy atom. The lowest BCUT2D eigenvalue weighted by Crippen LogP contribution is -1.99. The molecular formula is C14H12N4O2. The minimum Gasteiger partial charge on any atom is -0.476 e. The predicted molar refractivity (Wildman–Crippen MR) is 75.3 cm³/mol. The molecule has 3 rings (SSSR count). The molecule has 0 aliphatic carbocycles. The van der Waals surface area contributed by atoms with Crippen molar-refractivity contribution in [2.24, 2.45) is 7.05 Å². The van der Waals surface area contributed by atoms with Crippen LogP contribution >= 0.6 is 0 Å². The zero-order valence-corrected chi connectivity index (χ0v) is 10.7. The van der Waals surface area contributed by atoms with Crippen molar-refractivity contribution in [3.63, 3.8) is 0 Å². The van der Waals surface area contributed by atoms with Gasteiger partial charge in [0.2, 0.25) is 0 Å². The third-order valence-corrected chi connectivity index (χ3v) is 3.15. The van der Waals surface area contributed by atoms with Crippen LogP contribution in [0.25, 0.3) is 22.2 Å². The Morgan fingerprint density at radius 3 is 2.60 bits per heavy atom. The van der Waals surface area contributed by atoms with Crippen LogP contribution in [0.4, 0.5) is 5.69 Å². The molecule has 0 atom stereocenters. The number of hydrogen-bond acceptors (Lipinski definition) is 4. The number of benzene rings is 1. The molecule has 0 saturated heterocycles. The van der Waals surface area contributed by atoms with Gasteiger partial charge in [-0.15, -0.1) is 0 Å². The fraction of sp³-hybridized carbons (Fsp3) is 0.0714. The average molecular weight is 268 g/mol. The predicted octanol–water partition coefficient (Wildman–Crippen LogP) is 1.92. The third kappa shape index (κ3) is 1.78. The molecule has 0 bridgehead atoms. The summed E-state index contributed by atoms with van der Waals surface area (Å²) >= 11 is 0. The number of pyridine rings is 1. The number of aromatic carboxylic acids is 1. The van der Waals surface area contributed by atoms with Crippen molar-refractivity contribution in [1.29, 1.82) is 0 Å². The highest BCUT2D eigenvalue weighted by Crippen LogP contribution is 2.30. The van der Waals surface area contributed by atoms with Gasteiger partial charge in [0, 0.05) is 18.9 Å². The number of hydrogen-bond donors (Lipinski definition) is 2. The molecule has 20 heavy (non-hydrogen) atoms. The van der Waals surface area contributed by atoms with Gasteiger partial charge < -0.3 is 10.8 Å². The van der Waals surface area contributed by atoms with Crippen molar-refractivity contribution in [2.75, 3.05) is 5.73 Å². The van der Waals surface area contributed by atoms with Crippen molar-refractivity contribution >= 4 is 22.7 Å². The zero-order chi connectivity index (χ0) is 14.3. The smallest absolute Gasteiger partial charge is 0.357 e. The van der Waals surface area contributed by atoms with E-state index < -0.39 is 5.97 Å². The molecule has 6 heteroatoms. The minimum atomic E-state index is -1.07. The summed E-state index contributed by atoms with van der Waals surface area (Å²) in [6.45, 7) is 0. The first kappa shape index (κ1) is 12.2. The maximum atomic E-state index is 11.3. The first-order valence-electron chi connectivity index (χ1n) is 5.99. The highest BCUT2D eigenvalue weighted by Gasteiger charge is 2.19. The normalized spacial score (nSPS) is 10.8. The van der Waals surface area contributed by atoms with Crippen LogP contribution in [0, 0.1) is 0 Å². The summed E-state index contributed by atoms with van der Waals surface area (Å²) in [5.41, 5.74) is 8.53. The van der Waals surface area contributed by atoms with E-state index in [1.54, 1.807) is 31.4 Å². The summed E-state index contributed by atoms with van der Waals surface area (Å²) in [6.07, 6.45) is 1.64. The number of nitrogens with zero attached hydrogens (tertiary/aromatic N) is 3. The Kier molecular flexibility index (Phi) is 2.64. The number of carboxylic acid groups (broad SMARTS) is 1. The molecule has 100 valence electrons. The van der Waals surface area contributed by atoms with E-state index in [9.17, 15) is 9.90 Å². The molecule has 0 aliphatic rings. The van der Waals surface area contributed by atoms with Gasteiger partial charge >= 0.3 is 5.97 Å². The largest absolute Gasteiger partial charge is 0.476 e. The van der Waals surface area contributed by atoms with E-state index in [4.69, 9.17) is 5.73 Å². The summed E-state index contributed by atoms with van der Waals surface area (Å²) in [6, 6.07) is 9.03. The first-order chi connectivity index (χ1) is 9.58. The Balaban J connectivity index is 2.35. The van der Waals surface area contributed by atoms with Gasteiger partial charge in [0.15, 0.2) is 11.3 Å². The summed E-state index contributed by atoms with van der Waals surface area (Å²) in [5.74, 6) is -1.07. The molecule has 0 amide bonds. The molecule has 3 aromatic rings. The van der Waals surface area contributed by atoms with Gasteiger partial charge in [0.05, 0.1) is 5.39 Å². The van der Waals surface area contributed by atoms with Crippen molar-refractivity contribution in [1.82, 2.24) is 14.8 Å². The van der Waals surface area contributed by atoms with Gasteiger partial charge in [0.25, 0.3) is 0 Å². The van der Waals surface area contributed by atoms with Crippen LogP contribution in [0.3, 0.4) is 0 Å². The Morgan fingerprint density at radius 1 is 1.25 bits per heavy atom. The first-order valence-corrected chi connectivity index (χ1v) is 5.99. The van der Waals surface area contributed by atoms with E-state index in [-0.39, 0.29) is 5.69 Å². The summed E-state index contributed by atoms with van der Waals surface area (Å²) < 4.78 is 1.47. The lowest BCUT2D eigenvalue weighted by atomic mass is 10.0. The zero-order valence-electron chi connectivity index (χ0n) is 10.7. The Bertz CT molecular complexity index is 806. The van der Waals surface area contributed by atoms with E-state index in [1.807, 2.05) is 12.1 Å². The lowest BCUT2D eigenvalue weighted by Gasteiger charge is -2.04. The van der Waals surface area contributed by atoms with Gasteiger partial charge in [-0.2, -0.15) is 5.10 Å². The van der Waals surface area contributed by atoms with E-state index in [0.29, 0.717) is 16.7 Å². The van der Waals surface area contributed by atoms with Crippen LogP contribution in [-0.2, 0) is 7.05 Å². The van der Waals surface area contributed by atoms with Gasteiger partial charge in [-0.25, -0.2) is 14.5 Å². The van der Waals surface area contributed by atoms with Gasteiger partial charge in [-0.1, -0.05) is 12.1 Å². The van der Waals surface area contributed by atoms with Crippen LogP contribution < -0.4 is 5.73 Å². The molecule has 6 nitrogen and oxygen atoms in total. The van der Waals surface area contributed by atoms with Crippen LogP contribution in [0.15, 0.2) is 36.5 Å². The van der Waals surface area contributed by atoms with Crippen molar-refractivity contribution in [3.05, 3.63) is 42.2 Å². The molecular weight excluding hydrogens is 256 g/mol. The van der Waals surface area contributed by atoms with E-state index >= 15 is 0 Å². The average Bonchev–Trinajstić information content (AvgIpc) is 2.78. The van der Waals surface area contributed by atoms with E-state index in [2.05, 4.69) is 10.1 Å². The van der Waals surface area contributed by atoms with Crippen LogP contribution in [-0.4, -0.2) is 25.8 Å². The molecule has 0 saturated carbocycles. The molecule has 0 aliphatic heterocycles. The van der Waals surface area contributed by atoms with Gasteiger partial charge in [0.1, 0.15) is 0 Å². The number of fused-ring (bicyclic) bond motifs is 1. The molecule has 2 heterocycles. The van der Waals surface area contributed by atoms with Crippen molar-refractivity contribution in [3.8, 4) is 11.1 Å². The maximum Gasteiger partial charge on any atom is 0.357 e. The minimum absolute atomic E-state index is 0.00225. The monoisotopic (exact) mass is 268 g/mol. The number of aromatic nitrogens is 3. The maximum absolute atomic E-state index is 11.3. The fourth-order valence-electron chi connectivity index (χ4n) is 2.23. The number of nitrogens with two attached hydrogens (primary N) is 1. The lowest BCUT2D eigenvalue weighted by molar-refractivity contribution is 0.0691. The second kappa shape index (κ2) is 4.34. The van der Waals surface area contributed by atoms with Gasteiger partial charge in [-0.05, 0) is 29.3 Å².